The molecule has 1 aliphatic heterocycles. The highest BCUT2D eigenvalue weighted by molar-refractivity contribution is 5.40. The van der Waals surface area contributed by atoms with E-state index in [-0.39, 0.29) is 0 Å². The zero-order valence-electron chi connectivity index (χ0n) is 11.1. The van der Waals surface area contributed by atoms with Crippen LogP contribution in [0.5, 0.6) is 0 Å². The van der Waals surface area contributed by atoms with Crippen LogP contribution in [0.3, 0.4) is 0 Å². The fraction of sp³-hybridized carbons (Fsp3) is 0.533. The normalized spacial score (nSPS) is 28.3. The summed E-state index contributed by atoms with van der Waals surface area (Å²) in [6.45, 7) is 1.95. The van der Waals surface area contributed by atoms with Crippen LogP contribution in [0.1, 0.15) is 31.0 Å². The monoisotopic (exact) mass is 256 g/mol. The van der Waals surface area contributed by atoms with Gasteiger partial charge < -0.3 is 10.1 Å². The maximum atomic E-state index is 5.98. The Morgan fingerprint density at radius 1 is 1.26 bits per heavy atom. The van der Waals surface area contributed by atoms with Gasteiger partial charge in [-0.15, -0.1) is 0 Å². The first-order valence-corrected chi connectivity index (χ1v) is 7.26. The average molecular weight is 256 g/mol. The molecule has 4 nitrogen and oxygen atoms in total. The summed E-state index contributed by atoms with van der Waals surface area (Å²) in [6, 6.07) is 7.37. The van der Waals surface area contributed by atoms with Gasteiger partial charge in [-0.05, 0) is 50.4 Å². The van der Waals surface area contributed by atoms with E-state index < -0.39 is 0 Å². The molecular weight excluding hydrogens is 236 g/mol. The molecule has 0 aromatic carbocycles. The van der Waals surface area contributed by atoms with Gasteiger partial charge in [0.05, 0.1) is 11.7 Å². The predicted molar refractivity (Wildman–Crippen MR) is 74.8 cm³/mol. The Hall–Kier alpha value is -1.39. The molecule has 2 atom stereocenters. The number of rotatable bonds is 3. The highest BCUT2D eigenvalue weighted by atomic mass is 15.2. The predicted octanol–water partition coefficient (Wildman–Crippen LogP) is 1.82. The third kappa shape index (κ3) is 1.86. The number of fused-ring (bicyclic) bond motifs is 1. The van der Waals surface area contributed by atoms with Gasteiger partial charge in [-0.2, -0.15) is 0 Å². The lowest BCUT2D eigenvalue weighted by Gasteiger charge is -2.26. The summed E-state index contributed by atoms with van der Waals surface area (Å²) in [5, 5.41) is 0. The lowest BCUT2D eigenvalue weighted by molar-refractivity contribution is 0.216. The third-order valence-electron chi connectivity index (χ3n) is 4.57. The van der Waals surface area contributed by atoms with Crippen LogP contribution in [-0.2, 0) is 0 Å². The summed E-state index contributed by atoms with van der Waals surface area (Å²) < 4.78 is 2.12. The van der Waals surface area contributed by atoms with Gasteiger partial charge >= 0.3 is 0 Å². The highest BCUT2D eigenvalue weighted by Gasteiger charge is 2.43. The Morgan fingerprint density at radius 3 is 2.89 bits per heavy atom. The van der Waals surface area contributed by atoms with E-state index in [0.717, 1.165) is 18.2 Å². The SMILES string of the molecule is NCC1CCN(C2CC2)C1c1cn2ccccc2n1. The number of nitrogens with zero attached hydrogens (tertiary/aromatic N) is 3. The van der Waals surface area contributed by atoms with E-state index in [9.17, 15) is 0 Å². The molecule has 1 saturated heterocycles. The molecule has 3 heterocycles. The van der Waals surface area contributed by atoms with Crippen molar-refractivity contribution in [2.45, 2.75) is 31.3 Å². The number of pyridine rings is 1. The van der Waals surface area contributed by atoms with Gasteiger partial charge in [0.15, 0.2) is 0 Å². The van der Waals surface area contributed by atoms with Crippen LogP contribution in [0.4, 0.5) is 0 Å². The zero-order valence-corrected chi connectivity index (χ0v) is 11.1. The first kappa shape index (κ1) is 11.4. The largest absolute Gasteiger partial charge is 0.330 e. The second kappa shape index (κ2) is 4.32. The van der Waals surface area contributed by atoms with E-state index in [4.69, 9.17) is 10.7 Å². The second-order valence-corrected chi connectivity index (χ2v) is 5.83. The smallest absolute Gasteiger partial charge is 0.137 e. The van der Waals surface area contributed by atoms with Crippen molar-refractivity contribution in [2.75, 3.05) is 13.1 Å². The van der Waals surface area contributed by atoms with Gasteiger partial charge in [-0.3, -0.25) is 4.90 Å². The van der Waals surface area contributed by atoms with Crippen molar-refractivity contribution in [1.29, 1.82) is 0 Å². The van der Waals surface area contributed by atoms with E-state index in [0.29, 0.717) is 12.0 Å². The van der Waals surface area contributed by atoms with Crippen molar-refractivity contribution < 1.29 is 0 Å². The lowest BCUT2D eigenvalue weighted by atomic mass is 9.98. The van der Waals surface area contributed by atoms with Gasteiger partial charge in [0.1, 0.15) is 5.65 Å². The summed E-state index contributed by atoms with van der Waals surface area (Å²) in [5.74, 6) is 0.561. The number of aromatic nitrogens is 2. The molecule has 4 heteroatoms. The van der Waals surface area contributed by atoms with Gasteiger partial charge in [0.25, 0.3) is 0 Å². The van der Waals surface area contributed by atoms with E-state index in [1.165, 1.54) is 31.5 Å². The molecule has 1 saturated carbocycles. The van der Waals surface area contributed by atoms with Gasteiger partial charge in [0, 0.05) is 18.4 Å². The van der Waals surface area contributed by atoms with E-state index in [1.807, 2.05) is 12.1 Å². The van der Waals surface area contributed by atoms with Crippen molar-refractivity contribution in [1.82, 2.24) is 14.3 Å². The van der Waals surface area contributed by atoms with Gasteiger partial charge in [-0.25, -0.2) is 4.98 Å². The molecule has 0 amide bonds. The zero-order chi connectivity index (χ0) is 12.8. The summed E-state index contributed by atoms with van der Waals surface area (Å²) in [5.41, 5.74) is 8.22. The van der Waals surface area contributed by atoms with Crippen LogP contribution < -0.4 is 5.73 Å². The van der Waals surface area contributed by atoms with Crippen LogP contribution in [-0.4, -0.2) is 33.4 Å². The molecule has 100 valence electrons. The van der Waals surface area contributed by atoms with Crippen LogP contribution in [0, 0.1) is 5.92 Å². The maximum Gasteiger partial charge on any atom is 0.137 e. The van der Waals surface area contributed by atoms with E-state index in [2.05, 4.69) is 27.8 Å². The summed E-state index contributed by atoms with van der Waals surface area (Å²) in [7, 11) is 0. The Morgan fingerprint density at radius 2 is 2.16 bits per heavy atom. The fourth-order valence-electron chi connectivity index (χ4n) is 3.45. The van der Waals surface area contributed by atoms with Crippen molar-refractivity contribution in [3.8, 4) is 0 Å². The number of imidazole rings is 1. The Kier molecular flexibility index (Phi) is 2.60. The topological polar surface area (TPSA) is 46.6 Å². The Bertz CT molecular complexity index is 554. The van der Waals surface area contributed by atoms with Gasteiger partial charge in [-0.1, -0.05) is 6.07 Å². The van der Waals surface area contributed by atoms with E-state index >= 15 is 0 Å². The number of likely N-dealkylation sites (tertiary alicyclic amines) is 1. The third-order valence-corrected chi connectivity index (χ3v) is 4.57. The minimum Gasteiger partial charge on any atom is -0.330 e. The number of nitrogens with two attached hydrogens (primary N) is 1. The molecule has 2 aromatic heterocycles. The molecule has 19 heavy (non-hydrogen) atoms. The van der Waals surface area contributed by atoms with Gasteiger partial charge in [0.2, 0.25) is 0 Å². The molecule has 0 spiro atoms. The quantitative estimate of drug-likeness (QED) is 0.911. The first-order valence-electron chi connectivity index (χ1n) is 7.26. The summed E-state index contributed by atoms with van der Waals surface area (Å²) in [4.78, 5) is 7.46. The second-order valence-electron chi connectivity index (χ2n) is 5.83. The molecule has 2 aliphatic rings. The van der Waals surface area contributed by atoms with Crippen LogP contribution in [0.25, 0.3) is 5.65 Å². The molecule has 2 fully saturated rings. The molecule has 2 aromatic rings. The maximum absolute atomic E-state index is 5.98. The molecule has 0 bridgehead atoms. The van der Waals surface area contributed by atoms with Crippen molar-refractivity contribution in [3.63, 3.8) is 0 Å². The van der Waals surface area contributed by atoms with Crippen LogP contribution in [0.2, 0.25) is 0 Å². The van der Waals surface area contributed by atoms with Crippen molar-refractivity contribution in [3.05, 3.63) is 36.3 Å². The standard InChI is InChI=1S/C15H20N4/c16-9-11-6-8-19(12-4-5-12)15(11)13-10-18-7-2-1-3-14(18)17-13/h1-3,7,10-12,15H,4-6,8-9,16H2. The fourth-order valence-corrected chi connectivity index (χ4v) is 3.45. The molecule has 2 unspecified atom stereocenters. The van der Waals surface area contributed by atoms with Crippen LogP contribution >= 0.6 is 0 Å². The Balaban J connectivity index is 1.74. The molecule has 2 N–H and O–H groups in total. The minimum absolute atomic E-state index is 0.428. The molecule has 1 aliphatic carbocycles. The molecule has 0 radical (unpaired) electrons. The van der Waals surface area contributed by atoms with Crippen LogP contribution in [0.15, 0.2) is 30.6 Å². The minimum atomic E-state index is 0.428. The van der Waals surface area contributed by atoms with Crippen molar-refractivity contribution >= 4 is 5.65 Å². The average Bonchev–Trinajstić information content (AvgIpc) is 3.05. The highest BCUT2D eigenvalue weighted by Crippen LogP contribution is 2.43. The Labute approximate surface area is 113 Å². The summed E-state index contributed by atoms with van der Waals surface area (Å²) >= 11 is 0. The number of hydrogen-bond acceptors (Lipinski definition) is 3. The molecular formula is C15H20N4. The summed E-state index contributed by atoms with van der Waals surface area (Å²) in [6.07, 6.45) is 8.16. The lowest BCUT2D eigenvalue weighted by Crippen LogP contribution is -2.30. The van der Waals surface area contributed by atoms with Crippen molar-refractivity contribution in [2.24, 2.45) is 11.7 Å². The first-order chi connectivity index (χ1) is 9.36. The molecule has 4 rings (SSSR count). The van der Waals surface area contributed by atoms with E-state index in [1.54, 1.807) is 0 Å². The number of hydrogen-bond donors (Lipinski definition) is 1.